The number of aromatic nitrogens is 4. The van der Waals surface area contributed by atoms with Crippen molar-refractivity contribution in [3.05, 3.63) is 16.7 Å². The summed E-state index contributed by atoms with van der Waals surface area (Å²) in [6.07, 6.45) is -5.50. The van der Waals surface area contributed by atoms with Crippen LogP contribution < -0.4 is 11.3 Å². The number of aliphatic hydroxyl groups is 2. The number of phosphoric acid groups is 3. The number of aromatic amines is 1. The number of nitrogens with one attached hydrogen (secondary N) is 1. The second-order valence-electron chi connectivity index (χ2n) is 6.37. The van der Waals surface area contributed by atoms with Crippen molar-refractivity contribution in [3.63, 3.8) is 0 Å². The summed E-state index contributed by atoms with van der Waals surface area (Å²) >= 11 is 0. The number of nitrogens with two attached hydrogens (primary N) is 1. The van der Waals surface area contributed by atoms with Crippen LogP contribution in [-0.2, 0) is 31.6 Å². The Hall–Kier alpha value is -1.63. The van der Waals surface area contributed by atoms with Gasteiger partial charge in [-0.3, -0.25) is 18.9 Å². The zero-order chi connectivity index (χ0) is 25.0. The first kappa shape index (κ1) is 26.0. The first-order valence-corrected chi connectivity index (χ1v) is 12.7. The summed E-state index contributed by atoms with van der Waals surface area (Å²) in [6.45, 7) is -1.71. The van der Waals surface area contributed by atoms with Crippen LogP contribution >= 0.6 is 23.5 Å². The zero-order valence-electron chi connectivity index (χ0n) is 15.6. The van der Waals surface area contributed by atoms with Gasteiger partial charge in [-0.1, -0.05) is 0 Å². The molecule has 1 fully saturated rings. The summed E-state index contributed by atoms with van der Waals surface area (Å²) in [7, 11) is -17.3. The van der Waals surface area contributed by atoms with Crippen molar-refractivity contribution in [2.45, 2.75) is 24.3 Å². The van der Waals surface area contributed by atoms with Crippen molar-refractivity contribution in [2.24, 2.45) is 0 Å². The summed E-state index contributed by atoms with van der Waals surface area (Å²) in [5.74, 6) is -3.83. The van der Waals surface area contributed by atoms with E-state index < -0.39 is 59.9 Å². The predicted molar refractivity (Wildman–Crippen MR) is 98.4 cm³/mol. The van der Waals surface area contributed by atoms with E-state index in [1.54, 1.807) is 0 Å². The summed E-state index contributed by atoms with van der Waals surface area (Å²) in [5.41, 5.74) is 4.05. The maximum Gasteiger partial charge on any atom is 0.490 e. The molecule has 0 spiro atoms. The summed E-state index contributed by atoms with van der Waals surface area (Å²) < 4.78 is 65.5. The van der Waals surface area contributed by atoms with Crippen molar-refractivity contribution in [1.82, 2.24) is 19.5 Å². The highest BCUT2D eigenvalue weighted by Gasteiger charge is 2.57. The number of imidazole rings is 1. The molecular formula is C10H15FN5O14P3. The Morgan fingerprint density at radius 2 is 1.85 bits per heavy atom. The fourth-order valence-corrected chi connectivity index (χ4v) is 5.73. The first-order chi connectivity index (χ1) is 14.9. The van der Waals surface area contributed by atoms with Crippen molar-refractivity contribution in [3.8, 4) is 0 Å². The normalized spacial score (nSPS) is 29.7. The third-order valence-corrected chi connectivity index (χ3v) is 7.72. The van der Waals surface area contributed by atoms with Gasteiger partial charge >= 0.3 is 23.5 Å². The van der Waals surface area contributed by atoms with Crippen molar-refractivity contribution >= 4 is 40.6 Å². The van der Waals surface area contributed by atoms with E-state index in [0.29, 0.717) is 0 Å². The van der Waals surface area contributed by atoms with Gasteiger partial charge in [0.15, 0.2) is 17.4 Å². The second kappa shape index (κ2) is 8.54. The molecule has 0 aliphatic carbocycles. The van der Waals surface area contributed by atoms with Gasteiger partial charge in [0.25, 0.3) is 11.4 Å². The molecule has 6 atom stereocenters. The Bertz CT molecular complexity index is 1260. The number of aliphatic hydroxyl groups excluding tert-OH is 2. The van der Waals surface area contributed by atoms with Gasteiger partial charge in [0.05, 0.1) is 6.33 Å². The molecule has 23 heteroatoms. The lowest BCUT2D eigenvalue weighted by Gasteiger charge is -2.24. The molecule has 0 radical (unpaired) electrons. The minimum atomic E-state index is -5.88. The van der Waals surface area contributed by atoms with E-state index in [4.69, 9.17) is 25.2 Å². The molecule has 0 aromatic carbocycles. The van der Waals surface area contributed by atoms with Crippen LogP contribution in [0.4, 0.5) is 10.3 Å². The number of halogens is 1. The molecule has 3 rings (SSSR count). The number of ether oxygens (including phenoxy) is 1. The van der Waals surface area contributed by atoms with Crippen LogP contribution in [0.25, 0.3) is 11.2 Å². The highest BCUT2D eigenvalue weighted by molar-refractivity contribution is 7.66. The smallest absolute Gasteiger partial charge is 0.385 e. The maximum absolute atomic E-state index is 15.1. The quantitative estimate of drug-likeness (QED) is 0.167. The van der Waals surface area contributed by atoms with Crippen molar-refractivity contribution in [1.29, 1.82) is 0 Å². The predicted octanol–water partition coefficient (Wildman–Crippen LogP) is -2.04. The molecule has 0 bridgehead atoms. The van der Waals surface area contributed by atoms with Gasteiger partial charge in [-0.2, -0.15) is 13.6 Å². The van der Waals surface area contributed by atoms with E-state index in [2.05, 4.69) is 28.1 Å². The van der Waals surface area contributed by atoms with Gasteiger partial charge in [-0.25, -0.2) is 23.1 Å². The molecule has 2 unspecified atom stereocenters. The molecule has 1 saturated heterocycles. The van der Waals surface area contributed by atoms with Crippen molar-refractivity contribution in [2.75, 3.05) is 12.3 Å². The monoisotopic (exact) mass is 541 g/mol. The summed E-state index contributed by atoms with van der Waals surface area (Å²) in [6, 6.07) is 0. The number of hydrogen-bond acceptors (Lipinski definition) is 13. The number of fused-ring (bicyclic) bond motifs is 1. The molecule has 3 heterocycles. The number of nitrogen functional groups attached to an aromatic ring is 1. The molecule has 1 aliphatic heterocycles. The van der Waals surface area contributed by atoms with Crippen LogP contribution in [0.2, 0.25) is 0 Å². The van der Waals surface area contributed by atoms with Gasteiger partial charge in [0.1, 0.15) is 18.8 Å². The Kier molecular flexibility index (Phi) is 6.73. The van der Waals surface area contributed by atoms with Gasteiger partial charge in [0, 0.05) is 0 Å². The standard InChI is InChI=1S/C10H15FN5O14P3/c11-10(1-27-32(23,24)30-33(25,26)29-31(20,21)22)5(18)4(17)8(28-10)16-2-13-3-6(16)14-9(12)15-7(3)19/h2,4-5,8,17-18H,1H2,(H,23,24)(H,25,26)(H2,20,21,22)(H3,12,14,15,19)/t4-,5+,8-,10-/m1/s1. The van der Waals surface area contributed by atoms with E-state index in [-0.39, 0.29) is 17.1 Å². The van der Waals surface area contributed by atoms with Crippen LogP contribution in [0.15, 0.2) is 11.1 Å². The van der Waals surface area contributed by atoms with Crippen LogP contribution in [0.1, 0.15) is 6.23 Å². The lowest BCUT2D eigenvalue weighted by atomic mass is 10.1. The fraction of sp³-hybridized carbons (Fsp3) is 0.500. The molecule has 9 N–H and O–H groups in total. The number of phosphoric ester groups is 1. The summed E-state index contributed by atoms with van der Waals surface area (Å²) in [5, 5.41) is 20.2. The van der Waals surface area contributed by atoms with E-state index in [1.807, 2.05) is 0 Å². The Morgan fingerprint density at radius 1 is 1.21 bits per heavy atom. The maximum atomic E-state index is 15.1. The Balaban J connectivity index is 1.79. The molecule has 0 saturated carbocycles. The lowest BCUT2D eigenvalue weighted by Crippen LogP contribution is -2.42. The number of nitrogens with zero attached hydrogens (tertiary/aromatic N) is 3. The Morgan fingerprint density at radius 3 is 2.45 bits per heavy atom. The zero-order valence-corrected chi connectivity index (χ0v) is 18.3. The molecular weight excluding hydrogens is 526 g/mol. The molecule has 19 nitrogen and oxygen atoms in total. The highest BCUT2D eigenvalue weighted by atomic mass is 31.3. The number of rotatable bonds is 8. The van der Waals surface area contributed by atoms with E-state index in [0.717, 1.165) is 10.9 Å². The average Bonchev–Trinajstić information content (AvgIpc) is 3.12. The van der Waals surface area contributed by atoms with Gasteiger partial charge in [-0.15, -0.1) is 0 Å². The molecule has 2 aromatic heterocycles. The van der Waals surface area contributed by atoms with E-state index >= 15 is 4.39 Å². The van der Waals surface area contributed by atoms with Gasteiger partial charge in [-0.05, 0) is 0 Å². The van der Waals surface area contributed by atoms with Crippen LogP contribution in [0, 0.1) is 0 Å². The molecule has 0 amide bonds. The molecule has 2 aromatic rings. The topological polar surface area (TPSA) is 299 Å². The fourth-order valence-electron chi connectivity index (χ4n) is 2.69. The average molecular weight is 541 g/mol. The number of hydrogen-bond donors (Lipinski definition) is 8. The van der Waals surface area contributed by atoms with Crippen LogP contribution in [-0.4, -0.2) is 74.0 Å². The van der Waals surface area contributed by atoms with E-state index in [1.165, 1.54) is 0 Å². The largest absolute Gasteiger partial charge is 0.490 e. The number of alkyl halides is 1. The SMILES string of the molecule is Nc1nc2c(ncn2[C@@H]2O[C@](F)(COP(=O)(O)OP(=O)(O)OP(=O)(O)O)[C@@H](O)[C@H]2O)c(=O)[nH]1. The van der Waals surface area contributed by atoms with E-state index in [9.17, 15) is 33.6 Å². The minimum absolute atomic E-state index is 0.287. The summed E-state index contributed by atoms with van der Waals surface area (Å²) in [4.78, 5) is 56.9. The Labute approximate surface area is 180 Å². The van der Waals surface area contributed by atoms with Gasteiger partial charge < -0.3 is 40.3 Å². The second-order valence-corrected chi connectivity index (χ2v) is 10.8. The van der Waals surface area contributed by atoms with Crippen molar-refractivity contribution < 1.29 is 65.8 Å². The lowest BCUT2D eigenvalue weighted by molar-refractivity contribution is -0.203. The number of H-pyrrole nitrogens is 1. The third kappa shape index (κ3) is 5.72. The highest BCUT2D eigenvalue weighted by Crippen LogP contribution is 2.66. The third-order valence-electron chi connectivity index (χ3n) is 3.94. The molecule has 186 valence electrons. The minimum Gasteiger partial charge on any atom is -0.385 e. The molecule has 33 heavy (non-hydrogen) atoms. The number of anilines is 1. The molecule has 1 aliphatic rings. The van der Waals surface area contributed by atoms with Crippen LogP contribution in [0.3, 0.4) is 0 Å². The first-order valence-electron chi connectivity index (χ1n) is 8.17. The van der Waals surface area contributed by atoms with Gasteiger partial charge in [0.2, 0.25) is 5.95 Å². The van der Waals surface area contributed by atoms with Crippen LogP contribution in [0.5, 0.6) is 0 Å².